The van der Waals surface area contributed by atoms with Gasteiger partial charge in [-0.2, -0.15) is 0 Å². The van der Waals surface area contributed by atoms with Gasteiger partial charge < -0.3 is 10.2 Å². The summed E-state index contributed by atoms with van der Waals surface area (Å²) in [6, 6.07) is 0. The van der Waals surface area contributed by atoms with Gasteiger partial charge in [0.1, 0.15) is 0 Å². The molecule has 0 radical (unpaired) electrons. The molecular formula is C18H32O4. The molecule has 1 fully saturated rings. The lowest BCUT2D eigenvalue weighted by atomic mass is 9.59. The van der Waals surface area contributed by atoms with Crippen molar-refractivity contribution in [1.29, 1.82) is 0 Å². The monoisotopic (exact) mass is 312 g/mol. The normalized spacial score (nSPS) is 30.8. The number of carboxylic acid groups (broad SMARTS) is 2. The van der Waals surface area contributed by atoms with Gasteiger partial charge in [-0.1, -0.05) is 41.0 Å². The van der Waals surface area contributed by atoms with E-state index in [0.29, 0.717) is 18.8 Å². The summed E-state index contributed by atoms with van der Waals surface area (Å²) in [7, 11) is 0. The van der Waals surface area contributed by atoms with Crippen molar-refractivity contribution in [3.63, 3.8) is 0 Å². The van der Waals surface area contributed by atoms with Crippen LogP contribution in [0.5, 0.6) is 0 Å². The Balaban J connectivity index is 2.91. The average molecular weight is 312 g/mol. The third-order valence-corrected chi connectivity index (χ3v) is 5.18. The summed E-state index contributed by atoms with van der Waals surface area (Å²) < 4.78 is 0. The van der Waals surface area contributed by atoms with Crippen LogP contribution in [0.3, 0.4) is 0 Å². The quantitative estimate of drug-likeness (QED) is 0.760. The topological polar surface area (TPSA) is 74.6 Å². The maximum atomic E-state index is 12.0. The molecule has 0 bridgehead atoms. The second-order valence-corrected chi connectivity index (χ2v) is 8.56. The van der Waals surface area contributed by atoms with Gasteiger partial charge in [-0.05, 0) is 49.4 Å². The van der Waals surface area contributed by atoms with Crippen LogP contribution in [-0.2, 0) is 9.59 Å². The Morgan fingerprint density at radius 3 is 2.32 bits per heavy atom. The van der Waals surface area contributed by atoms with Crippen LogP contribution in [0.25, 0.3) is 0 Å². The molecular weight excluding hydrogens is 280 g/mol. The Morgan fingerprint density at radius 2 is 1.86 bits per heavy atom. The van der Waals surface area contributed by atoms with E-state index in [1.54, 1.807) is 0 Å². The van der Waals surface area contributed by atoms with Crippen molar-refractivity contribution in [1.82, 2.24) is 0 Å². The van der Waals surface area contributed by atoms with Crippen molar-refractivity contribution < 1.29 is 19.8 Å². The van der Waals surface area contributed by atoms with Crippen LogP contribution < -0.4 is 0 Å². The first-order valence-electron chi connectivity index (χ1n) is 8.46. The summed E-state index contributed by atoms with van der Waals surface area (Å²) in [5.41, 5.74) is -0.877. The molecule has 0 spiro atoms. The zero-order valence-corrected chi connectivity index (χ0v) is 14.7. The molecule has 1 saturated carbocycles. The van der Waals surface area contributed by atoms with Crippen molar-refractivity contribution in [2.45, 2.75) is 73.1 Å². The van der Waals surface area contributed by atoms with Gasteiger partial charge in [-0.25, -0.2) is 0 Å². The highest BCUT2D eigenvalue weighted by Gasteiger charge is 2.53. The van der Waals surface area contributed by atoms with Crippen molar-refractivity contribution in [3.8, 4) is 0 Å². The first kappa shape index (κ1) is 19.0. The Labute approximate surface area is 134 Å². The predicted molar refractivity (Wildman–Crippen MR) is 86.7 cm³/mol. The molecule has 0 aliphatic heterocycles. The Hall–Kier alpha value is -1.06. The van der Waals surface area contributed by atoms with Crippen molar-refractivity contribution in [3.05, 3.63) is 0 Å². The van der Waals surface area contributed by atoms with Gasteiger partial charge in [0.25, 0.3) is 0 Å². The Kier molecular flexibility index (Phi) is 6.05. The van der Waals surface area contributed by atoms with E-state index in [9.17, 15) is 19.8 Å². The van der Waals surface area contributed by atoms with E-state index in [4.69, 9.17) is 0 Å². The minimum absolute atomic E-state index is 0.0692. The van der Waals surface area contributed by atoms with Gasteiger partial charge in [0.05, 0.1) is 11.3 Å². The van der Waals surface area contributed by atoms with Gasteiger partial charge in [0.2, 0.25) is 0 Å². The molecule has 0 aromatic heterocycles. The molecule has 4 atom stereocenters. The van der Waals surface area contributed by atoms with Crippen molar-refractivity contribution in [2.75, 3.05) is 0 Å². The highest BCUT2D eigenvalue weighted by molar-refractivity contribution is 5.84. The van der Waals surface area contributed by atoms with Crippen LogP contribution in [0.15, 0.2) is 0 Å². The van der Waals surface area contributed by atoms with Gasteiger partial charge in [-0.15, -0.1) is 0 Å². The SMILES string of the molecule is CC(CCC1(C(=O)O)CCCC(C)C1C(=O)O)CC(C)(C)C. The summed E-state index contributed by atoms with van der Waals surface area (Å²) >= 11 is 0. The molecule has 1 aliphatic rings. The molecule has 22 heavy (non-hydrogen) atoms. The second-order valence-electron chi connectivity index (χ2n) is 8.56. The largest absolute Gasteiger partial charge is 0.481 e. The van der Waals surface area contributed by atoms with Crippen LogP contribution in [-0.4, -0.2) is 22.2 Å². The first-order chi connectivity index (χ1) is 9.99. The fourth-order valence-corrected chi connectivity index (χ4v) is 4.36. The molecule has 0 aromatic rings. The van der Waals surface area contributed by atoms with E-state index >= 15 is 0 Å². The molecule has 1 rings (SSSR count). The number of carboxylic acids is 2. The van der Waals surface area contributed by atoms with Gasteiger partial charge in [0.15, 0.2) is 0 Å². The molecule has 4 heteroatoms. The molecule has 0 amide bonds. The van der Waals surface area contributed by atoms with Crippen LogP contribution in [0.2, 0.25) is 0 Å². The van der Waals surface area contributed by atoms with Crippen LogP contribution in [0, 0.1) is 28.6 Å². The summed E-state index contributed by atoms with van der Waals surface area (Å²) in [4.78, 5) is 23.7. The fraction of sp³-hybridized carbons (Fsp3) is 0.889. The molecule has 4 nitrogen and oxygen atoms in total. The Bertz CT molecular complexity index is 410. The van der Waals surface area contributed by atoms with Crippen LogP contribution >= 0.6 is 0 Å². The number of carbonyl (C=O) groups is 2. The van der Waals surface area contributed by atoms with Crippen molar-refractivity contribution in [2.24, 2.45) is 28.6 Å². The Morgan fingerprint density at radius 1 is 1.27 bits per heavy atom. The molecule has 4 unspecified atom stereocenters. The fourth-order valence-electron chi connectivity index (χ4n) is 4.36. The number of hydrogen-bond donors (Lipinski definition) is 2. The molecule has 1 aliphatic carbocycles. The number of aliphatic carboxylic acids is 2. The van der Waals surface area contributed by atoms with E-state index in [0.717, 1.165) is 25.7 Å². The highest BCUT2D eigenvalue weighted by Crippen LogP contribution is 2.49. The highest BCUT2D eigenvalue weighted by atomic mass is 16.4. The van der Waals surface area contributed by atoms with E-state index in [2.05, 4.69) is 27.7 Å². The van der Waals surface area contributed by atoms with Gasteiger partial charge in [0, 0.05) is 0 Å². The minimum Gasteiger partial charge on any atom is -0.481 e. The third-order valence-electron chi connectivity index (χ3n) is 5.18. The number of hydrogen-bond acceptors (Lipinski definition) is 2. The summed E-state index contributed by atoms with van der Waals surface area (Å²) in [6.07, 6.45) is 4.39. The zero-order valence-electron chi connectivity index (χ0n) is 14.7. The zero-order chi connectivity index (χ0) is 17.1. The van der Waals surface area contributed by atoms with E-state index in [-0.39, 0.29) is 11.3 Å². The maximum Gasteiger partial charge on any atom is 0.310 e. The van der Waals surface area contributed by atoms with Gasteiger partial charge >= 0.3 is 11.9 Å². The maximum absolute atomic E-state index is 12.0. The standard InChI is InChI=1S/C18H32O4/c1-12(11-17(3,4)5)8-10-18(16(21)22)9-6-7-13(2)14(18)15(19)20/h12-14H,6-11H2,1-5H3,(H,19,20)(H,21,22). The van der Waals surface area contributed by atoms with E-state index in [1.165, 1.54) is 0 Å². The third kappa shape index (κ3) is 4.47. The molecule has 2 N–H and O–H groups in total. The molecule has 128 valence electrons. The molecule has 0 heterocycles. The second kappa shape index (κ2) is 7.01. The predicted octanol–water partition coefficient (Wildman–Crippen LogP) is 4.43. The van der Waals surface area contributed by atoms with Crippen LogP contribution in [0.1, 0.15) is 73.1 Å². The van der Waals surface area contributed by atoms with Crippen LogP contribution in [0.4, 0.5) is 0 Å². The lowest BCUT2D eigenvalue weighted by molar-refractivity contribution is -0.170. The molecule has 0 saturated heterocycles. The lowest BCUT2D eigenvalue weighted by Gasteiger charge is -2.42. The average Bonchev–Trinajstić information content (AvgIpc) is 2.33. The minimum atomic E-state index is -1.09. The summed E-state index contributed by atoms with van der Waals surface area (Å²) in [5, 5.41) is 19.4. The lowest BCUT2D eigenvalue weighted by Crippen LogP contribution is -2.48. The van der Waals surface area contributed by atoms with Crippen molar-refractivity contribution >= 4 is 11.9 Å². The number of rotatable bonds is 6. The first-order valence-corrected chi connectivity index (χ1v) is 8.46. The summed E-state index contributed by atoms with van der Waals surface area (Å²) in [5.74, 6) is -2.30. The molecule has 0 aromatic carbocycles. The van der Waals surface area contributed by atoms with Gasteiger partial charge in [-0.3, -0.25) is 9.59 Å². The smallest absolute Gasteiger partial charge is 0.310 e. The summed E-state index contributed by atoms with van der Waals surface area (Å²) in [6.45, 7) is 10.6. The van der Waals surface area contributed by atoms with E-state index < -0.39 is 23.3 Å². The van der Waals surface area contributed by atoms with E-state index in [1.807, 2.05) is 6.92 Å².